The molecule has 2 rings (SSSR count). The fourth-order valence-corrected chi connectivity index (χ4v) is 2.99. The van der Waals surface area contributed by atoms with Gasteiger partial charge in [-0.15, -0.1) is 0 Å². The van der Waals surface area contributed by atoms with Crippen LogP contribution in [0.5, 0.6) is 11.5 Å². The standard InChI is InChI=1S/C16H24N2O3/c1-20-14-9-5-7-12(15(14)21-2)16(19)18-13-8-4-3-6-11(13)10-17/h5,7,9,11,13H,3-4,6,8,10,17H2,1-2H3,(H,18,19). The molecule has 1 aliphatic rings. The summed E-state index contributed by atoms with van der Waals surface area (Å²) in [6.45, 7) is 0.611. The lowest BCUT2D eigenvalue weighted by atomic mass is 9.84. The maximum absolute atomic E-state index is 12.5. The Kier molecular flexibility index (Phi) is 5.44. The van der Waals surface area contributed by atoms with Crippen molar-refractivity contribution in [3.63, 3.8) is 0 Å². The van der Waals surface area contributed by atoms with E-state index in [0.29, 0.717) is 29.5 Å². The third-order valence-corrected chi connectivity index (χ3v) is 4.18. The van der Waals surface area contributed by atoms with Crippen molar-refractivity contribution in [3.05, 3.63) is 23.8 Å². The molecule has 2 unspecified atom stereocenters. The lowest BCUT2D eigenvalue weighted by Gasteiger charge is -2.31. The summed E-state index contributed by atoms with van der Waals surface area (Å²) in [5, 5.41) is 3.11. The van der Waals surface area contributed by atoms with E-state index in [4.69, 9.17) is 15.2 Å². The van der Waals surface area contributed by atoms with Crippen molar-refractivity contribution in [1.29, 1.82) is 0 Å². The number of rotatable bonds is 5. The lowest BCUT2D eigenvalue weighted by Crippen LogP contribution is -2.44. The Hall–Kier alpha value is -1.75. The van der Waals surface area contributed by atoms with Gasteiger partial charge in [0.25, 0.3) is 5.91 Å². The summed E-state index contributed by atoms with van der Waals surface area (Å²) in [5.74, 6) is 1.26. The molecule has 0 aliphatic heterocycles. The number of para-hydroxylation sites is 1. The monoisotopic (exact) mass is 292 g/mol. The maximum Gasteiger partial charge on any atom is 0.255 e. The number of methoxy groups -OCH3 is 2. The summed E-state index contributed by atoms with van der Waals surface area (Å²) in [6, 6.07) is 5.46. The fourth-order valence-electron chi connectivity index (χ4n) is 2.99. The summed E-state index contributed by atoms with van der Waals surface area (Å²) in [6.07, 6.45) is 4.39. The van der Waals surface area contributed by atoms with Gasteiger partial charge in [-0.2, -0.15) is 0 Å². The third kappa shape index (κ3) is 3.47. The Labute approximate surface area is 125 Å². The largest absolute Gasteiger partial charge is 0.493 e. The van der Waals surface area contributed by atoms with Crippen LogP contribution in [-0.4, -0.2) is 32.7 Å². The Morgan fingerprint density at radius 2 is 2.05 bits per heavy atom. The number of amides is 1. The second-order valence-electron chi connectivity index (χ2n) is 5.40. The van der Waals surface area contributed by atoms with Crippen molar-refractivity contribution in [1.82, 2.24) is 5.32 Å². The first-order valence-corrected chi connectivity index (χ1v) is 7.43. The van der Waals surface area contributed by atoms with Gasteiger partial charge in [-0.25, -0.2) is 0 Å². The molecule has 0 heterocycles. The van der Waals surface area contributed by atoms with Gasteiger partial charge >= 0.3 is 0 Å². The molecule has 1 saturated carbocycles. The minimum atomic E-state index is -0.129. The van der Waals surface area contributed by atoms with Gasteiger partial charge in [0.05, 0.1) is 19.8 Å². The van der Waals surface area contributed by atoms with E-state index in [0.717, 1.165) is 19.3 Å². The predicted molar refractivity (Wildman–Crippen MR) is 81.8 cm³/mol. The lowest BCUT2D eigenvalue weighted by molar-refractivity contribution is 0.0904. The first kappa shape index (κ1) is 15.6. The van der Waals surface area contributed by atoms with E-state index in [2.05, 4.69) is 5.32 Å². The normalized spacial score (nSPS) is 21.7. The van der Waals surface area contributed by atoms with Crippen LogP contribution < -0.4 is 20.5 Å². The van der Waals surface area contributed by atoms with Crippen molar-refractivity contribution in [3.8, 4) is 11.5 Å². The first-order chi connectivity index (χ1) is 10.2. The Morgan fingerprint density at radius 3 is 2.71 bits per heavy atom. The average Bonchev–Trinajstić information content (AvgIpc) is 2.54. The second-order valence-corrected chi connectivity index (χ2v) is 5.40. The molecule has 1 aromatic carbocycles. The number of benzene rings is 1. The van der Waals surface area contributed by atoms with Gasteiger partial charge in [-0.1, -0.05) is 18.9 Å². The molecular weight excluding hydrogens is 268 g/mol. The number of nitrogens with one attached hydrogen (secondary N) is 1. The smallest absolute Gasteiger partial charge is 0.255 e. The zero-order valence-corrected chi connectivity index (χ0v) is 12.7. The highest BCUT2D eigenvalue weighted by atomic mass is 16.5. The van der Waals surface area contributed by atoms with E-state index >= 15 is 0 Å². The van der Waals surface area contributed by atoms with E-state index in [9.17, 15) is 4.79 Å². The molecule has 0 saturated heterocycles. The van der Waals surface area contributed by atoms with E-state index in [1.807, 2.05) is 0 Å². The van der Waals surface area contributed by atoms with Crippen LogP contribution in [0.4, 0.5) is 0 Å². The van der Waals surface area contributed by atoms with Crippen LogP contribution >= 0.6 is 0 Å². The summed E-state index contributed by atoms with van der Waals surface area (Å²) in [7, 11) is 3.10. The SMILES string of the molecule is COc1cccc(C(=O)NC2CCCCC2CN)c1OC. The van der Waals surface area contributed by atoms with Crippen molar-refractivity contribution >= 4 is 5.91 Å². The molecule has 1 aliphatic carbocycles. The van der Waals surface area contributed by atoms with Crippen molar-refractivity contribution in [2.24, 2.45) is 11.7 Å². The molecule has 116 valence electrons. The maximum atomic E-state index is 12.5. The molecular formula is C16H24N2O3. The number of carbonyl (C=O) groups is 1. The highest BCUT2D eigenvalue weighted by molar-refractivity contribution is 5.98. The van der Waals surface area contributed by atoms with E-state index in [1.165, 1.54) is 13.5 Å². The van der Waals surface area contributed by atoms with Gasteiger partial charge < -0.3 is 20.5 Å². The quantitative estimate of drug-likeness (QED) is 0.870. The van der Waals surface area contributed by atoms with Crippen LogP contribution in [0, 0.1) is 5.92 Å². The minimum Gasteiger partial charge on any atom is -0.493 e. The number of nitrogens with two attached hydrogens (primary N) is 1. The second kappa shape index (κ2) is 7.31. The van der Waals surface area contributed by atoms with Crippen molar-refractivity contribution < 1.29 is 14.3 Å². The highest BCUT2D eigenvalue weighted by Gasteiger charge is 2.27. The average molecular weight is 292 g/mol. The van der Waals surface area contributed by atoms with Gasteiger partial charge in [-0.05, 0) is 37.4 Å². The number of carbonyl (C=O) groups excluding carboxylic acids is 1. The predicted octanol–water partition coefficient (Wildman–Crippen LogP) is 1.95. The zero-order valence-electron chi connectivity index (χ0n) is 12.7. The highest BCUT2D eigenvalue weighted by Crippen LogP contribution is 2.31. The van der Waals surface area contributed by atoms with Gasteiger partial charge in [-0.3, -0.25) is 4.79 Å². The van der Waals surface area contributed by atoms with Crippen LogP contribution in [0.15, 0.2) is 18.2 Å². The van der Waals surface area contributed by atoms with Gasteiger partial charge in [0, 0.05) is 6.04 Å². The molecule has 0 radical (unpaired) electrons. The van der Waals surface area contributed by atoms with Crippen LogP contribution in [-0.2, 0) is 0 Å². The molecule has 0 bridgehead atoms. The molecule has 5 nitrogen and oxygen atoms in total. The first-order valence-electron chi connectivity index (χ1n) is 7.43. The Bertz CT molecular complexity index is 490. The molecule has 1 fully saturated rings. The van der Waals surface area contributed by atoms with Crippen LogP contribution in [0.2, 0.25) is 0 Å². The molecule has 1 amide bonds. The summed E-state index contributed by atoms with van der Waals surface area (Å²) >= 11 is 0. The molecule has 0 aromatic heterocycles. The van der Waals surface area contributed by atoms with Crippen molar-refractivity contribution in [2.45, 2.75) is 31.7 Å². The van der Waals surface area contributed by atoms with E-state index in [1.54, 1.807) is 25.3 Å². The molecule has 1 aromatic rings. The van der Waals surface area contributed by atoms with Crippen LogP contribution in [0.1, 0.15) is 36.0 Å². The molecule has 5 heteroatoms. The van der Waals surface area contributed by atoms with Gasteiger partial charge in [0.1, 0.15) is 0 Å². The molecule has 3 N–H and O–H groups in total. The van der Waals surface area contributed by atoms with Gasteiger partial charge in [0.2, 0.25) is 0 Å². The summed E-state index contributed by atoms with van der Waals surface area (Å²) < 4.78 is 10.6. The minimum absolute atomic E-state index is 0.129. The zero-order chi connectivity index (χ0) is 15.2. The summed E-state index contributed by atoms with van der Waals surface area (Å²) in [5.41, 5.74) is 6.31. The topological polar surface area (TPSA) is 73.6 Å². The third-order valence-electron chi connectivity index (χ3n) is 4.18. The molecule has 2 atom stereocenters. The number of hydrogen-bond acceptors (Lipinski definition) is 4. The number of ether oxygens (including phenoxy) is 2. The van der Waals surface area contributed by atoms with Crippen LogP contribution in [0.3, 0.4) is 0 Å². The van der Waals surface area contributed by atoms with E-state index < -0.39 is 0 Å². The van der Waals surface area contributed by atoms with Gasteiger partial charge in [0.15, 0.2) is 11.5 Å². The van der Waals surface area contributed by atoms with E-state index in [-0.39, 0.29) is 11.9 Å². The van der Waals surface area contributed by atoms with Crippen LogP contribution in [0.25, 0.3) is 0 Å². The molecule has 21 heavy (non-hydrogen) atoms. The Morgan fingerprint density at radius 1 is 1.29 bits per heavy atom. The Balaban J connectivity index is 2.16. The van der Waals surface area contributed by atoms with Crippen molar-refractivity contribution in [2.75, 3.05) is 20.8 Å². The fraction of sp³-hybridized carbons (Fsp3) is 0.562. The molecule has 0 spiro atoms. The summed E-state index contributed by atoms with van der Waals surface area (Å²) in [4.78, 5) is 12.5. The number of hydrogen-bond donors (Lipinski definition) is 2.